The molecule has 0 aliphatic carbocycles. The predicted molar refractivity (Wildman–Crippen MR) is 111 cm³/mol. The zero-order valence-electron chi connectivity index (χ0n) is 18.1. The normalized spacial score (nSPS) is 13.3. The summed E-state index contributed by atoms with van der Waals surface area (Å²) in [7, 11) is 0. The van der Waals surface area contributed by atoms with Crippen LogP contribution < -0.4 is 10.1 Å². The van der Waals surface area contributed by atoms with E-state index in [1.807, 2.05) is 0 Å². The second-order valence-electron chi connectivity index (χ2n) is 7.39. The summed E-state index contributed by atoms with van der Waals surface area (Å²) in [5.41, 5.74) is -0.392. The lowest BCUT2D eigenvalue weighted by Gasteiger charge is -2.16. The van der Waals surface area contributed by atoms with E-state index in [1.165, 1.54) is 0 Å². The Hall–Kier alpha value is -3.14. The number of carboxylic acids is 1. The minimum atomic E-state index is -4.68. The van der Waals surface area contributed by atoms with Gasteiger partial charge in [-0.3, -0.25) is 4.79 Å². The van der Waals surface area contributed by atoms with Crippen molar-refractivity contribution in [2.45, 2.75) is 51.6 Å². The molecule has 180 valence electrons. The number of benzene rings is 2. The van der Waals surface area contributed by atoms with E-state index in [0.29, 0.717) is 11.8 Å². The van der Waals surface area contributed by atoms with Crippen molar-refractivity contribution in [3.63, 3.8) is 0 Å². The highest BCUT2D eigenvalue weighted by molar-refractivity contribution is 5.76. The molecule has 0 radical (unpaired) electrons. The maximum atomic E-state index is 13.4. The Balaban J connectivity index is 1.86. The first kappa shape index (κ1) is 26.1. The molecule has 2 atom stereocenters. The van der Waals surface area contributed by atoms with Crippen LogP contribution in [0.2, 0.25) is 0 Å². The third-order valence-corrected chi connectivity index (χ3v) is 4.57. The van der Waals surface area contributed by atoms with E-state index in [-0.39, 0.29) is 31.6 Å². The Morgan fingerprint density at radius 2 is 1.76 bits per heavy atom. The number of halogens is 4. The van der Waals surface area contributed by atoms with Gasteiger partial charge in [0.05, 0.1) is 12.0 Å². The highest BCUT2D eigenvalue weighted by Crippen LogP contribution is 2.30. The summed E-state index contributed by atoms with van der Waals surface area (Å²) in [6, 6.07) is 8.77. The lowest BCUT2D eigenvalue weighted by molar-refractivity contribution is -0.150. The van der Waals surface area contributed by atoms with Gasteiger partial charge >= 0.3 is 12.1 Å². The Bertz CT molecular complexity index is 947. The van der Waals surface area contributed by atoms with Gasteiger partial charge in [0.2, 0.25) is 5.91 Å². The van der Waals surface area contributed by atoms with Gasteiger partial charge in [0.25, 0.3) is 0 Å². The fourth-order valence-electron chi connectivity index (χ4n) is 3.06. The molecule has 2 aromatic carbocycles. The van der Waals surface area contributed by atoms with Gasteiger partial charge in [-0.1, -0.05) is 12.1 Å². The van der Waals surface area contributed by atoms with E-state index in [1.54, 1.807) is 38.1 Å². The lowest BCUT2D eigenvalue weighted by atomic mass is 10.1. The molecule has 33 heavy (non-hydrogen) atoms. The summed E-state index contributed by atoms with van der Waals surface area (Å²) in [6.45, 7) is 3.38. The zero-order chi connectivity index (χ0) is 24.6. The van der Waals surface area contributed by atoms with Crippen LogP contribution in [0.5, 0.6) is 5.75 Å². The smallest absolute Gasteiger partial charge is 0.416 e. The number of amides is 1. The third kappa shape index (κ3) is 8.72. The number of carboxylic acid groups (broad SMARTS) is 1. The van der Waals surface area contributed by atoms with Crippen LogP contribution in [0.1, 0.15) is 37.0 Å². The first-order valence-corrected chi connectivity index (χ1v) is 10.2. The number of ether oxygens (including phenoxy) is 2. The lowest BCUT2D eigenvalue weighted by Crippen LogP contribution is -2.28. The van der Waals surface area contributed by atoms with E-state index < -0.39 is 41.6 Å². The molecule has 0 heterocycles. The van der Waals surface area contributed by atoms with E-state index in [2.05, 4.69) is 5.32 Å². The number of rotatable bonds is 11. The van der Waals surface area contributed by atoms with Crippen LogP contribution in [0.3, 0.4) is 0 Å². The molecule has 0 saturated carbocycles. The molecular formula is C23H25F4NO5. The van der Waals surface area contributed by atoms with Crippen LogP contribution in [0, 0.1) is 5.82 Å². The van der Waals surface area contributed by atoms with Gasteiger partial charge < -0.3 is 19.9 Å². The van der Waals surface area contributed by atoms with Crippen LogP contribution in [-0.2, 0) is 33.5 Å². The number of nitrogens with one attached hydrogen (secondary N) is 1. The van der Waals surface area contributed by atoms with Gasteiger partial charge in [-0.05, 0) is 55.3 Å². The summed E-state index contributed by atoms with van der Waals surface area (Å²) >= 11 is 0. The molecule has 1 unspecified atom stereocenters. The van der Waals surface area contributed by atoms with Crippen molar-refractivity contribution in [2.24, 2.45) is 0 Å². The number of hydrogen-bond acceptors (Lipinski definition) is 4. The molecule has 2 aromatic rings. The van der Waals surface area contributed by atoms with Crippen LogP contribution in [0.4, 0.5) is 17.6 Å². The first-order valence-electron chi connectivity index (χ1n) is 10.2. The zero-order valence-corrected chi connectivity index (χ0v) is 18.1. The van der Waals surface area contributed by atoms with Crippen molar-refractivity contribution in [1.29, 1.82) is 0 Å². The highest BCUT2D eigenvalue weighted by Gasteiger charge is 2.31. The second kappa shape index (κ2) is 11.6. The molecule has 6 nitrogen and oxygen atoms in total. The Morgan fingerprint density at radius 3 is 2.33 bits per heavy atom. The van der Waals surface area contributed by atoms with Crippen molar-refractivity contribution in [1.82, 2.24) is 5.32 Å². The van der Waals surface area contributed by atoms with Crippen molar-refractivity contribution in [3.05, 3.63) is 65.0 Å². The Labute approximate surface area is 188 Å². The molecule has 10 heteroatoms. The average molecular weight is 471 g/mol. The molecule has 0 spiro atoms. The monoisotopic (exact) mass is 471 g/mol. The first-order chi connectivity index (χ1) is 15.5. The topological polar surface area (TPSA) is 84.9 Å². The predicted octanol–water partition coefficient (Wildman–Crippen LogP) is 4.35. The quantitative estimate of drug-likeness (QED) is 0.476. The number of hydrogen-bond donors (Lipinski definition) is 2. The van der Waals surface area contributed by atoms with E-state index in [9.17, 15) is 27.2 Å². The maximum absolute atomic E-state index is 13.4. The van der Waals surface area contributed by atoms with Crippen LogP contribution in [0.25, 0.3) is 0 Å². The summed E-state index contributed by atoms with van der Waals surface area (Å²) in [5, 5.41) is 11.6. The van der Waals surface area contributed by atoms with Crippen molar-refractivity contribution in [2.75, 3.05) is 6.61 Å². The number of aliphatic carboxylic acids is 1. The number of carbonyl (C=O) groups excluding carboxylic acids is 1. The maximum Gasteiger partial charge on any atom is 0.416 e. The number of alkyl halides is 3. The molecule has 2 rings (SSSR count). The van der Waals surface area contributed by atoms with Gasteiger partial charge in [0.15, 0.2) is 6.10 Å². The highest BCUT2D eigenvalue weighted by atomic mass is 19.4. The molecular weight excluding hydrogens is 446 g/mol. The molecule has 0 fully saturated rings. The Kier molecular flexibility index (Phi) is 9.22. The van der Waals surface area contributed by atoms with Crippen molar-refractivity contribution < 1.29 is 41.7 Å². The van der Waals surface area contributed by atoms with E-state index in [4.69, 9.17) is 14.6 Å². The van der Waals surface area contributed by atoms with E-state index in [0.717, 1.165) is 17.7 Å². The molecule has 0 aliphatic heterocycles. The van der Waals surface area contributed by atoms with Crippen LogP contribution in [-0.4, -0.2) is 35.8 Å². The van der Waals surface area contributed by atoms with Gasteiger partial charge in [-0.25, -0.2) is 9.18 Å². The van der Waals surface area contributed by atoms with E-state index >= 15 is 0 Å². The van der Waals surface area contributed by atoms with Gasteiger partial charge in [0.1, 0.15) is 17.7 Å². The third-order valence-electron chi connectivity index (χ3n) is 4.57. The van der Waals surface area contributed by atoms with Crippen LogP contribution in [0.15, 0.2) is 42.5 Å². The standard InChI is InChI=1S/C23H25F4NO5/c1-3-32-20(22(30)31)11-15-4-6-19(7-5-15)33-14(2)8-21(29)28-13-16-9-17(23(25,26)27)12-18(24)10-16/h4-7,9-10,12,14,20H,3,8,11,13H2,1-2H3,(H,28,29)(H,30,31)/t14?,20-/m0/s1. The largest absolute Gasteiger partial charge is 0.490 e. The fraction of sp³-hybridized carbons (Fsp3) is 0.391. The van der Waals surface area contributed by atoms with Crippen LogP contribution >= 0.6 is 0 Å². The van der Waals surface area contributed by atoms with Gasteiger partial charge in [0, 0.05) is 19.6 Å². The summed E-state index contributed by atoms with van der Waals surface area (Å²) < 4.78 is 62.6. The summed E-state index contributed by atoms with van der Waals surface area (Å²) in [6.07, 6.45) is -6.07. The Morgan fingerprint density at radius 1 is 1.09 bits per heavy atom. The second-order valence-corrected chi connectivity index (χ2v) is 7.39. The fourth-order valence-corrected chi connectivity index (χ4v) is 3.06. The molecule has 1 amide bonds. The summed E-state index contributed by atoms with van der Waals surface area (Å²) in [4.78, 5) is 23.3. The minimum absolute atomic E-state index is 0.00782. The molecule has 0 aromatic heterocycles. The SMILES string of the molecule is CCO[C@@H](Cc1ccc(OC(C)CC(=O)NCc2cc(F)cc(C(F)(F)F)c2)cc1)C(=O)O. The van der Waals surface area contributed by atoms with Gasteiger partial charge in [-0.15, -0.1) is 0 Å². The van der Waals surface area contributed by atoms with Crippen molar-refractivity contribution in [3.8, 4) is 5.75 Å². The van der Waals surface area contributed by atoms with Gasteiger partial charge in [-0.2, -0.15) is 13.2 Å². The van der Waals surface area contributed by atoms with Crippen molar-refractivity contribution >= 4 is 11.9 Å². The summed E-state index contributed by atoms with van der Waals surface area (Å²) in [5.74, 6) is -2.10. The molecule has 0 saturated heterocycles. The average Bonchev–Trinajstić information content (AvgIpc) is 2.72. The minimum Gasteiger partial charge on any atom is -0.490 e. The number of carbonyl (C=O) groups is 2. The molecule has 0 bridgehead atoms. The molecule has 0 aliphatic rings. The molecule has 2 N–H and O–H groups in total.